The SMILES string of the molecule is CCCCn1c(=O)c2[nH]c(-c3ccc(N(CC)C(=O)c4ccc(F)nc4)nc3)cc2n(CCC)c1=O. The number of carbonyl (C=O) groups is 1. The number of hydrogen-bond acceptors (Lipinski definition) is 5. The van der Waals surface area contributed by atoms with Crippen LogP contribution in [0.25, 0.3) is 22.3 Å². The maximum atomic E-state index is 13.1. The van der Waals surface area contributed by atoms with E-state index >= 15 is 0 Å². The van der Waals surface area contributed by atoms with E-state index in [1.165, 1.54) is 21.7 Å². The first-order valence-electron chi connectivity index (χ1n) is 12.2. The van der Waals surface area contributed by atoms with Crippen LogP contribution >= 0.6 is 0 Å². The van der Waals surface area contributed by atoms with E-state index in [0.29, 0.717) is 47.7 Å². The summed E-state index contributed by atoms with van der Waals surface area (Å²) in [7, 11) is 0. The van der Waals surface area contributed by atoms with E-state index in [1.807, 2.05) is 20.8 Å². The molecule has 0 radical (unpaired) electrons. The maximum Gasteiger partial charge on any atom is 0.331 e. The third-order valence-electron chi connectivity index (χ3n) is 6.06. The Morgan fingerprint density at radius 1 is 1.00 bits per heavy atom. The predicted molar refractivity (Wildman–Crippen MR) is 137 cm³/mol. The number of rotatable bonds is 9. The molecule has 4 aromatic rings. The molecule has 0 fully saturated rings. The van der Waals surface area contributed by atoms with Crippen LogP contribution in [0.3, 0.4) is 0 Å². The normalized spacial score (nSPS) is 11.2. The zero-order valence-corrected chi connectivity index (χ0v) is 20.6. The molecule has 188 valence electrons. The number of carbonyl (C=O) groups excluding carboxylic acids is 1. The van der Waals surface area contributed by atoms with Gasteiger partial charge in [-0.25, -0.2) is 14.8 Å². The van der Waals surface area contributed by atoms with E-state index in [-0.39, 0.29) is 22.7 Å². The number of fused-ring (bicyclic) bond motifs is 1. The highest BCUT2D eigenvalue weighted by Crippen LogP contribution is 2.24. The number of amides is 1. The smallest absolute Gasteiger partial charge is 0.331 e. The van der Waals surface area contributed by atoms with E-state index < -0.39 is 5.95 Å². The lowest BCUT2D eigenvalue weighted by molar-refractivity contribution is 0.0987. The minimum Gasteiger partial charge on any atom is -0.349 e. The zero-order valence-electron chi connectivity index (χ0n) is 20.6. The van der Waals surface area contributed by atoms with Gasteiger partial charge >= 0.3 is 5.69 Å². The predicted octanol–water partition coefficient (Wildman–Crippen LogP) is 3.96. The van der Waals surface area contributed by atoms with Gasteiger partial charge < -0.3 is 4.98 Å². The van der Waals surface area contributed by atoms with Crippen molar-refractivity contribution in [2.24, 2.45) is 0 Å². The molecule has 1 amide bonds. The number of H-pyrrole nitrogens is 1. The van der Waals surface area contributed by atoms with E-state index in [9.17, 15) is 18.8 Å². The number of aryl methyl sites for hydroxylation is 1. The Morgan fingerprint density at radius 3 is 2.42 bits per heavy atom. The first kappa shape index (κ1) is 25.0. The Balaban J connectivity index is 1.71. The summed E-state index contributed by atoms with van der Waals surface area (Å²) in [4.78, 5) is 51.7. The average molecular weight is 493 g/mol. The van der Waals surface area contributed by atoms with Crippen molar-refractivity contribution < 1.29 is 9.18 Å². The summed E-state index contributed by atoms with van der Waals surface area (Å²) in [6.07, 6.45) is 5.17. The van der Waals surface area contributed by atoms with Crippen LogP contribution in [0.2, 0.25) is 0 Å². The number of anilines is 1. The van der Waals surface area contributed by atoms with Gasteiger partial charge in [0.1, 0.15) is 11.3 Å². The van der Waals surface area contributed by atoms with Gasteiger partial charge in [-0.1, -0.05) is 20.3 Å². The van der Waals surface area contributed by atoms with E-state index in [4.69, 9.17) is 0 Å². The summed E-state index contributed by atoms with van der Waals surface area (Å²) in [6, 6.07) is 7.82. The van der Waals surface area contributed by atoms with Crippen molar-refractivity contribution in [1.29, 1.82) is 0 Å². The van der Waals surface area contributed by atoms with Gasteiger partial charge in [-0.3, -0.25) is 23.6 Å². The van der Waals surface area contributed by atoms with Crippen molar-refractivity contribution in [2.45, 2.75) is 53.1 Å². The number of nitrogens with zero attached hydrogens (tertiary/aromatic N) is 5. The second-order valence-electron chi connectivity index (χ2n) is 8.51. The van der Waals surface area contributed by atoms with Gasteiger partial charge in [0.25, 0.3) is 11.5 Å². The summed E-state index contributed by atoms with van der Waals surface area (Å²) >= 11 is 0. The molecule has 4 heterocycles. The Labute approximate surface area is 207 Å². The Morgan fingerprint density at radius 2 is 1.81 bits per heavy atom. The fourth-order valence-electron chi connectivity index (χ4n) is 4.17. The molecule has 0 saturated heterocycles. The van der Waals surface area contributed by atoms with Gasteiger partial charge in [0.2, 0.25) is 5.95 Å². The second-order valence-corrected chi connectivity index (χ2v) is 8.51. The van der Waals surface area contributed by atoms with Gasteiger partial charge in [0.15, 0.2) is 0 Å². The molecule has 1 N–H and O–H groups in total. The molecule has 9 nitrogen and oxygen atoms in total. The number of aromatic amines is 1. The molecule has 0 aliphatic carbocycles. The van der Waals surface area contributed by atoms with Gasteiger partial charge in [0.05, 0.1) is 11.1 Å². The number of nitrogens with one attached hydrogen (secondary N) is 1. The Kier molecular flexibility index (Phi) is 7.42. The molecule has 0 bridgehead atoms. The summed E-state index contributed by atoms with van der Waals surface area (Å²) in [6.45, 7) is 7.05. The van der Waals surface area contributed by atoms with Crippen molar-refractivity contribution in [2.75, 3.05) is 11.4 Å². The topological polar surface area (TPSA) is 106 Å². The molecular formula is C26H29FN6O3. The van der Waals surface area contributed by atoms with Crippen LogP contribution in [0.4, 0.5) is 10.2 Å². The average Bonchev–Trinajstić information content (AvgIpc) is 3.33. The molecule has 0 aromatic carbocycles. The highest BCUT2D eigenvalue weighted by molar-refractivity contribution is 6.05. The highest BCUT2D eigenvalue weighted by Gasteiger charge is 2.19. The molecule has 0 aliphatic rings. The number of unbranched alkanes of at least 4 members (excludes halogenated alkanes) is 1. The van der Waals surface area contributed by atoms with E-state index in [1.54, 1.807) is 29.0 Å². The number of halogens is 1. The third-order valence-corrected chi connectivity index (χ3v) is 6.06. The molecule has 0 atom stereocenters. The summed E-state index contributed by atoms with van der Waals surface area (Å²) in [5.74, 6) is -0.569. The zero-order chi connectivity index (χ0) is 25.8. The van der Waals surface area contributed by atoms with E-state index in [0.717, 1.165) is 25.3 Å². The monoisotopic (exact) mass is 492 g/mol. The van der Waals surface area contributed by atoms with Crippen LogP contribution in [0.1, 0.15) is 50.4 Å². The fraction of sp³-hybridized carbons (Fsp3) is 0.346. The van der Waals surface area contributed by atoms with Crippen molar-refractivity contribution in [1.82, 2.24) is 24.1 Å². The van der Waals surface area contributed by atoms with Gasteiger partial charge in [0, 0.05) is 43.3 Å². The van der Waals surface area contributed by atoms with Crippen LogP contribution in [0, 0.1) is 5.95 Å². The molecule has 36 heavy (non-hydrogen) atoms. The van der Waals surface area contributed by atoms with Gasteiger partial charge in [-0.15, -0.1) is 0 Å². The van der Waals surface area contributed by atoms with Crippen molar-refractivity contribution in [3.63, 3.8) is 0 Å². The van der Waals surface area contributed by atoms with Crippen molar-refractivity contribution in [3.05, 3.63) is 75.1 Å². The summed E-state index contributed by atoms with van der Waals surface area (Å²) in [5, 5.41) is 0. The minimum atomic E-state index is -0.656. The number of hydrogen-bond donors (Lipinski definition) is 1. The summed E-state index contributed by atoms with van der Waals surface area (Å²) < 4.78 is 16.1. The molecule has 0 aliphatic heterocycles. The second kappa shape index (κ2) is 10.7. The van der Waals surface area contributed by atoms with Crippen LogP contribution in [0.5, 0.6) is 0 Å². The number of pyridine rings is 2. The lowest BCUT2D eigenvalue weighted by Gasteiger charge is -2.20. The highest BCUT2D eigenvalue weighted by atomic mass is 19.1. The largest absolute Gasteiger partial charge is 0.349 e. The quantitative estimate of drug-likeness (QED) is 0.356. The molecule has 0 spiro atoms. The lowest BCUT2D eigenvalue weighted by atomic mass is 10.2. The van der Waals surface area contributed by atoms with Crippen molar-refractivity contribution >= 4 is 22.8 Å². The Hall–Kier alpha value is -4.08. The van der Waals surface area contributed by atoms with Crippen LogP contribution in [-0.4, -0.2) is 36.5 Å². The van der Waals surface area contributed by atoms with Crippen LogP contribution in [0.15, 0.2) is 52.3 Å². The standard InChI is InChI=1S/C26H29FN6O3/c1-4-7-13-33-25(35)23-20(32(12-5-2)26(33)36)14-19(30-23)17-9-11-22(29-15-17)31(6-3)24(34)18-8-10-21(27)28-16-18/h8-11,14-16,30H,4-7,12-13H2,1-3H3. The minimum absolute atomic E-state index is 0.257. The van der Waals surface area contributed by atoms with Gasteiger partial charge in [-0.2, -0.15) is 4.39 Å². The Bertz CT molecular complexity index is 1490. The van der Waals surface area contributed by atoms with Crippen LogP contribution < -0.4 is 16.1 Å². The summed E-state index contributed by atoms with van der Waals surface area (Å²) in [5.41, 5.74) is 1.93. The lowest BCUT2D eigenvalue weighted by Crippen LogP contribution is -2.40. The van der Waals surface area contributed by atoms with Crippen LogP contribution in [-0.2, 0) is 13.1 Å². The molecular weight excluding hydrogens is 463 g/mol. The first-order valence-corrected chi connectivity index (χ1v) is 12.2. The molecule has 0 saturated carbocycles. The number of aromatic nitrogens is 5. The molecule has 4 rings (SSSR count). The first-order chi connectivity index (χ1) is 17.4. The van der Waals surface area contributed by atoms with Gasteiger partial charge in [-0.05, 0) is 50.1 Å². The van der Waals surface area contributed by atoms with Crippen molar-refractivity contribution in [3.8, 4) is 11.3 Å². The van der Waals surface area contributed by atoms with E-state index in [2.05, 4.69) is 15.0 Å². The fourth-order valence-corrected chi connectivity index (χ4v) is 4.17. The molecule has 0 unspecified atom stereocenters. The molecule has 10 heteroatoms. The third kappa shape index (κ3) is 4.71. The molecule has 4 aromatic heterocycles. The maximum absolute atomic E-state index is 13.1.